The highest BCUT2D eigenvalue weighted by Gasteiger charge is 2.34. The van der Waals surface area contributed by atoms with Gasteiger partial charge in [-0.05, 0) is 17.4 Å². The van der Waals surface area contributed by atoms with E-state index in [4.69, 9.17) is 44.9 Å². The predicted molar refractivity (Wildman–Crippen MR) is 101 cm³/mol. The Balaban J connectivity index is 2.38. The molecule has 2 aromatic carbocycles. The third kappa shape index (κ3) is 5.05. The molecule has 0 amide bonds. The average Bonchev–Trinajstić information content (AvgIpc) is 2.55. The zero-order chi connectivity index (χ0) is 16.9. The molecule has 0 aromatic heterocycles. The minimum Gasteiger partial charge on any atom is -0.468 e. The van der Waals surface area contributed by atoms with Gasteiger partial charge >= 0.3 is 0 Å². The number of hydrogen-bond acceptors (Lipinski definition) is 3. The molecule has 0 radical (unpaired) electrons. The van der Waals surface area contributed by atoms with Crippen molar-refractivity contribution in [2.24, 2.45) is 0 Å². The van der Waals surface area contributed by atoms with Gasteiger partial charge in [0.05, 0.1) is 5.25 Å². The largest absolute Gasteiger partial charge is 0.468 e. The average molecular weight is 389 g/mol. The summed E-state index contributed by atoms with van der Waals surface area (Å²) >= 11 is 19.0. The minimum absolute atomic E-state index is 0.0358. The van der Waals surface area contributed by atoms with Crippen molar-refractivity contribution in [1.82, 2.24) is 0 Å². The molecule has 0 saturated carbocycles. The van der Waals surface area contributed by atoms with Crippen LogP contribution in [0.1, 0.15) is 22.5 Å². The maximum Gasteiger partial charge on any atom is 0.265 e. The van der Waals surface area contributed by atoms with Crippen LogP contribution < -0.4 is 0 Å². The second kappa shape index (κ2) is 8.29. The van der Waals surface area contributed by atoms with Crippen molar-refractivity contribution in [3.63, 3.8) is 0 Å². The van der Waals surface area contributed by atoms with Crippen LogP contribution in [0, 0.1) is 5.41 Å². The van der Waals surface area contributed by atoms with Crippen LogP contribution in [0.4, 0.5) is 0 Å². The Labute approximate surface area is 155 Å². The fourth-order valence-corrected chi connectivity index (χ4v) is 3.24. The molecular formula is C17H16Cl3NOS. The van der Waals surface area contributed by atoms with Crippen molar-refractivity contribution in [3.05, 3.63) is 71.8 Å². The number of hydrogen-bond donors (Lipinski definition) is 1. The molecule has 0 heterocycles. The summed E-state index contributed by atoms with van der Waals surface area (Å²) in [5.74, 6) is -0.383. The number of thioether (sulfide) groups is 1. The second-order valence-electron chi connectivity index (χ2n) is 4.84. The molecule has 23 heavy (non-hydrogen) atoms. The topological polar surface area (TPSA) is 33.1 Å². The van der Waals surface area contributed by atoms with E-state index in [1.54, 1.807) is 11.8 Å². The maximum absolute atomic E-state index is 7.92. The molecule has 122 valence electrons. The first kappa shape index (κ1) is 18.5. The Hall–Kier alpha value is -0.870. The first-order valence-corrected chi connectivity index (χ1v) is 9.30. The lowest BCUT2D eigenvalue weighted by atomic mass is 10.0. The van der Waals surface area contributed by atoms with Crippen LogP contribution in [0.5, 0.6) is 0 Å². The quantitative estimate of drug-likeness (QED) is 0.376. The van der Waals surface area contributed by atoms with E-state index in [9.17, 15) is 0 Å². The third-order valence-electron chi connectivity index (χ3n) is 3.29. The second-order valence-corrected chi connectivity index (χ2v) is 8.10. The Kier molecular flexibility index (Phi) is 6.66. The fourth-order valence-electron chi connectivity index (χ4n) is 2.22. The number of benzene rings is 2. The molecule has 0 bridgehead atoms. The summed E-state index contributed by atoms with van der Waals surface area (Å²) in [7, 11) is 0. The highest BCUT2D eigenvalue weighted by molar-refractivity contribution is 7.98. The Morgan fingerprint density at radius 1 is 0.957 bits per heavy atom. The zero-order valence-electron chi connectivity index (χ0n) is 12.4. The van der Waals surface area contributed by atoms with Gasteiger partial charge in [0.2, 0.25) is 5.90 Å². The SMILES string of the molecule is CS[C@H](c1ccccc1)[C@H](OC(=N)C(Cl)(Cl)Cl)c1ccccc1. The lowest BCUT2D eigenvalue weighted by molar-refractivity contribution is 0.183. The van der Waals surface area contributed by atoms with E-state index in [1.807, 2.05) is 66.9 Å². The Morgan fingerprint density at radius 2 is 1.43 bits per heavy atom. The van der Waals surface area contributed by atoms with Crippen molar-refractivity contribution in [1.29, 1.82) is 5.41 Å². The maximum atomic E-state index is 7.92. The van der Waals surface area contributed by atoms with E-state index in [0.717, 1.165) is 11.1 Å². The molecule has 0 fully saturated rings. The van der Waals surface area contributed by atoms with Crippen LogP contribution in [0.15, 0.2) is 60.7 Å². The van der Waals surface area contributed by atoms with Crippen molar-refractivity contribution in [2.45, 2.75) is 15.1 Å². The summed E-state index contributed by atoms with van der Waals surface area (Å²) < 4.78 is 3.89. The standard InChI is InChI=1S/C17H16Cl3NOS/c1-23-15(13-10-6-3-7-11-13)14(12-8-4-2-5-9-12)22-16(21)17(18,19)20/h2-11,14-15,21H,1H3/t14-,15-/m1/s1. The predicted octanol–water partition coefficient (Wildman–Crippen LogP) is 6.20. The minimum atomic E-state index is -1.88. The Morgan fingerprint density at radius 3 is 1.87 bits per heavy atom. The normalized spacial score (nSPS) is 14.1. The number of rotatable bonds is 5. The first-order chi connectivity index (χ1) is 10.9. The van der Waals surface area contributed by atoms with E-state index in [0.29, 0.717) is 0 Å². The molecule has 0 spiro atoms. The van der Waals surface area contributed by atoms with E-state index in [-0.39, 0.29) is 11.1 Å². The molecule has 0 aliphatic heterocycles. The van der Waals surface area contributed by atoms with Gasteiger partial charge in [-0.3, -0.25) is 5.41 Å². The summed E-state index contributed by atoms with van der Waals surface area (Å²) in [6, 6.07) is 19.6. The lowest BCUT2D eigenvalue weighted by Gasteiger charge is -2.29. The van der Waals surface area contributed by atoms with Gasteiger partial charge in [0.1, 0.15) is 6.10 Å². The summed E-state index contributed by atoms with van der Waals surface area (Å²) in [5, 5.41) is 7.89. The third-order valence-corrected chi connectivity index (χ3v) is 4.83. The number of ether oxygens (including phenoxy) is 1. The molecular weight excluding hydrogens is 373 g/mol. The molecule has 1 N–H and O–H groups in total. The van der Waals surface area contributed by atoms with Gasteiger partial charge in [-0.25, -0.2) is 0 Å². The van der Waals surface area contributed by atoms with E-state index in [1.165, 1.54) is 0 Å². The summed E-state index contributed by atoms with van der Waals surface area (Å²) in [6.45, 7) is 0. The van der Waals surface area contributed by atoms with Gasteiger partial charge in [-0.2, -0.15) is 11.8 Å². The van der Waals surface area contributed by atoms with Crippen molar-refractivity contribution < 1.29 is 4.74 Å². The highest BCUT2D eigenvalue weighted by atomic mass is 35.6. The summed E-state index contributed by atoms with van der Waals surface area (Å²) in [6.07, 6.45) is 1.56. The molecule has 2 aromatic rings. The van der Waals surface area contributed by atoms with Crippen molar-refractivity contribution in [3.8, 4) is 0 Å². The van der Waals surface area contributed by atoms with E-state index in [2.05, 4.69) is 0 Å². The van der Waals surface area contributed by atoms with Crippen LogP contribution in [0.25, 0.3) is 0 Å². The van der Waals surface area contributed by atoms with Gasteiger partial charge in [0.15, 0.2) is 0 Å². The first-order valence-electron chi connectivity index (χ1n) is 6.88. The highest BCUT2D eigenvalue weighted by Crippen LogP contribution is 2.43. The van der Waals surface area contributed by atoms with Crippen LogP contribution in [-0.4, -0.2) is 15.9 Å². The van der Waals surface area contributed by atoms with Crippen molar-refractivity contribution in [2.75, 3.05) is 6.26 Å². The van der Waals surface area contributed by atoms with Gasteiger partial charge in [0.25, 0.3) is 3.79 Å². The van der Waals surface area contributed by atoms with Gasteiger partial charge < -0.3 is 4.74 Å². The van der Waals surface area contributed by atoms with Gasteiger partial charge in [-0.1, -0.05) is 95.5 Å². The summed E-state index contributed by atoms with van der Waals surface area (Å²) in [5.41, 5.74) is 2.01. The van der Waals surface area contributed by atoms with Crippen LogP contribution in [-0.2, 0) is 4.74 Å². The van der Waals surface area contributed by atoms with Crippen molar-refractivity contribution >= 4 is 52.5 Å². The molecule has 0 aliphatic rings. The number of halogens is 3. The lowest BCUT2D eigenvalue weighted by Crippen LogP contribution is -2.25. The smallest absolute Gasteiger partial charge is 0.265 e. The van der Waals surface area contributed by atoms with Crippen LogP contribution in [0.3, 0.4) is 0 Å². The van der Waals surface area contributed by atoms with E-state index >= 15 is 0 Å². The van der Waals surface area contributed by atoms with E-state index < -0.39 is 9.90 Å². The van der Waals surface area contributed by atoms with Crippen LogP contribution in [0.2, 0.25) is 0 Å². The monoisotopic (exact) mass is 387 g/mol. The summed E-state index contributed by atoms with van der Waals surface area (Å²) in [4.78, 5) is 0. The molecule has 6 heteroatoms. The van der Waals surface area contributed by atoms with Gasteiger partial charge in [0, 0.05) is 0 Å². The molecule has 0 saturated heterocycles. The molecule has 0 unspecified atom stereocenters. The molecule has 2 rings (SSSR count). The molecule has 2 nitrogen and oxygen atoms in total. The Bertz CT molecular complexity index is 631. The molecule has 2 atom stereocenters. The number of alkyl halides is 3. The fraction of sp³-hybridized carbons (Fsp3) is 0.235. The molecule has 0 aliphatic carbocycles. The number of nitrogens with one attached hydrogen (secondary N) is 1. The zero-order valence-corrected chi connectivity index (χ0v) is 15.5. The van der Waals surface area contributed by atoms with Gasteiger partial charge in [-0.15, -0.1) is 0 Å². The van der Waals surface area contributed by atoms with Crippen LogP contribution >= 0.6 is 46.6 Å².